The lowest BCUT2D eigenvalue weighted by Crippen LogP contribution is -2.43. The van der Waals surface area contributed by atoms with Crippen molar-refractivity contribution in [3.8, 4) is 6.01 Å². The number of para-hydroxylation sites is 1. The normalized spacial score (nSPS) is 17.4. The third kappa shape index (κ3) is 4.44. The highest BCUT2D eigenvalue weighted by Gasteiger charge is 2.24. The number of aryl methyl sites for hydroxylation is 1. The van der Waals surface area contributed by atoms with Crippen molar-refractivity contribution < 1.29 is 9.53 Å². The maximum absolute atomic E-state index is 12.4. The second-order valence-electron chi connectivity index (χ2n) is 6.10. The monoisotopic (exact) mass is 326 g/mol. The number of rotatable bonds is 4. The van der Waals surface area contributed by atoms with E-state index in [1.807, 2.05) is 42.2 Å². The average molecular weight is 326 g/mol. The van der Waals surface area contributed by atoms with Crippen molar-refractivity contribution in [2.24, 2.45) is 5.92 Å². The number of urea groups is 1. The molecule has 1 atom stereocenters. The van der Waals surface area contributed by atoms with E-state index in [-0.39, 0.29) is 6.03 Å². The van der Waals surface area contributed by atoms with Crippen LogP contribution in [-0.4, -0.2) is 40.6 Å². The van der Waals surface area contributed by atoms with Crippen LogP contribution in [0.2, 0.25) is 0 Å². The fourth-order valence-electron chi connectivity index (χ4n) is 2.76. The van der Waals surface area contributed by atoms with Crippen LogP contribution in [0.3, 0.4) is 0 Å². The van der Waals surface area contributed by atoms with Crippen LogP contribution < -0.4 is 10.1 Å². The summed E-state index contributed by atoms with van der Waals surface area (Å²) in [6.07, 6.45) is 5.50. The SMILES string of the molecule is Cc1cnc(OCC2CCCN(C(=O)Nc3ccccc3)C2)nc1. The Morgan fingerprint density at radius 1 is 1.29 bits per heavy atom. The largest absolute Gasteiger partial charge is 0.463 e. The Morgan fingerprint density at radius 2 is 2.04 bits per heavy atom. The van der Waals surface area contributed by atoms with E-state index < -0.39 is 0 Å². The molecule has 1 unspecified atom stereocenters. The van der Waals surface area contributed by atoms with Crippen molar-refractivity contribution in [2.45, 2.75) is 19.8 Å². The quantitative estimate of drug-likeness (QED) is 0.937. The summed E-state index contributed by atoms with van der Waals surface area (Å²) in [5, 5.41) is 2.93. The number of hydrogen-bond acceptors (Lipinski definition) is 4. The third-order valence-corrected chi connectivity index (χ3v) is 4.04. The molecule has 24 heavy (non-hydrogen) atoms. The molecule has 1 saturated heterocycles. The standard InChI is InChI=1S/C18H22N4O2/c1-14-10-19-17(20-11-14)24-13-15-6-5-9-22(12-15)18(23)21-16-7-3-2-4-8-16/h2-4,7-8,10-11,15H,5-6,9,12-13H2,1H3,(H,21,23). The van der Waals surface area contributed by atoms with Gasteiger partial charge in [0.2, 0.25) is 0 Å². The molecule has 1 aromatic heterocycles. The Bertz CT molecular complexity index is 660. The zero-order chi connectivity index (χ0) is 16.8. The number of anilines is 1. The number of ether oxygens (including phenoxy) is 1. The van der Waals surface area contributed by atoms with Gasteiger partial charge in [0.15, 0.2) is 0 Å². The highest BCUT2D eigenvalue weighted by Crippen LogP contribution is 2.18. The number of amides is 2. The fourth-order valence-corrected chi connectivity index (χ4v) is 2.76. The highest BCUT2D eigenvalue weighted by atomic mass is 16.5. The number of piperidine rings is 1. The number of carbonyl (C=O) groups is 1. The van der Waals surface area contributed by atoms with E-state index in [1.165, 1.54) is 0 Å². The second-order valence-corrected chi connectivity index (χ2v) is 6.10. The molecular weight excluding hydrogens is 304 g/mol. The molecule has 2 heterocycles. The van der Waals surface area contributed by atoms with Gasteiger partial charge in [-0.1, -0.05) is 18.2 Å². The predicted octanol–water partition coefficient (Wildman–Crippen LogP) is 3.11. The van der Waals surface area contributed by atoms with Crippen LogP contribution in [0.5, 0.6) is 6.01 Å². The van der Waals surface area contributed by atoms with Crippen LogP contribution in [0.1, 0.15) is 18.4 Å². The van der Waals surface area contributed by atoms with Gasteiger partial charge in [0.05, 0.1) is 6.61 Å². The van der Waals surface area contributed by atoms with Crippen molar-refractivity contribution in [3.63, 3.8) is 0 Å². The molecule has 1 N–H and O–H groups in total. The van der Waals surface area contributed by atoms with Gasteiger partial charge in [0.25, 0.3) is 0 Å². The van der Waals surface area contributed by atoms with E-state index in [4.69, 9.17) is 4.74 Å². The summed E-state index contributed by atoms with van der Waals surface area (Å²) in [4.78, 5) is 22.5. The van der Waals surface area contributed by atoms with E-state index in [0.717, 1.165) is 30.6 Å². The summed E-state index contributed by atoms with van der Waals surface area (Å²) in [6.45, 7) is 3.92. The molecule has 0 bridgehead atoms. The van der Waals surface area contributed by atoms with Gasteiger partial charge in [-0.05, 0) is 37.5 Å². The summed E-state index contributed by atoms with van der Waals surface area (Å²) < 4.78 is 5.67. The Kier molecular flexibility index (Phi) is 5.25. The minimum atomic E-state index is -0.0579. The maximum Gasteiger partial charge on any atom is 0.321 e. The van der Waals surface area contributed by atoms with Crippen molar-refractivity contribution in [1.82, 2.24) is 14.9 Å². The zero-order valence-electron chi connectivity index (χ0n) is 13.8. The van der Waals surface area contributed by atoms with Crippen molar-refractivity contribution >= 4 is 11.7 Å². The van der Waals surface area contributed by atoms with E-state index in [2.05, 4.69) is 15.3 Å². The van der Waals surface area contributed by atoms with Crippen LogP contribution in [0.4, 0.5) is 10.5 Å². The van der Waals surface area contributed by atoms with E-state index in [1.54, 1.807) is 12.4 Å². The van der Waals surface area contributed by atoms with E-state index in [0.29, 0.717) is 25.1 Å². The molecule has 6 nitrogen and oxygen atoms in total. The van der Waals surface area contributed by atoms with Crippen LogP contribution in [0, 0.1) is 12.8 Å². The summed E-state index contributed by atoms with van der Waals surface area (Å²) in [5.41, 5.74) is 1.82. The fraction of sp³-hybridized carbons (Fsp3) is 0.389. The molecule has 126 valence electrons. The number of nitrogens with zero attached hydrogens (tertiary/aromatic N) is 3. The minimum absolute atomic E-state index is 0.0579. The maximum atomic E-state index is 12.4. The van der Waals surface area contributed by atoms with Gasteiger partial charge < -0.3 is 15.0 Å². The first-order chi connectivity index (χ1) is 11.7. The molecule has 1 aliphatic rings. The topological polar surface area (TPSA) is 67.3 Å². The molecule has 0 radical (unpaired) electrons. The number of likely N-dealkylation sites (tertiary alicyclic amines) is 1. The third-order valence-electron chi connectivity index (χ3n) is 4.04. The average Bonchev–Trinajstić information content (AvgIpc) is 2.62. The van der Waals surface area contributed by atoms with Crippen molar-refractivity contribution in [3.05, 3.63) is 48.3 Å². The van der Waals surface area contributed by atoms with Gasteiger partial charge >= 0.3 is 12.0 Å². The van der Waals surface area contributed by atoms with Crippen LogP contribution >= 0.6 is 0 Å². The molecule has 0 aliphatic carbocycles. The predicted molar refractivity (Wildman–Crippen MR) is 92.0 cm³/mol. The lowest BCUT2D eigenvalue weighted by atomic mass is 9.99. The molecule has 1 aliphatic heterocycles. The number of aromatic nitrogens is 2. The molecule has 1 fully saturated rings. The van der Waals surface area contributed by atoms with Gasteiger partial charge in [0, 0.05) is 37.1 Å². The lowest BCUT2D eigenvalue weighted by Gasteiger charge is -2.32. The molecule has 2 aromatic rings. The van der Waals surface area contributed by atoms with Crippen molar-refractivity contribution in [1.29, 1.82) is 0 Å². The smallest absolute Gasteiger partial charge is 0.321 e. The molecule has 2 amide bonds. The first-order valence-corrected chi connectivity index (χ1v) is 8.23. The molecule has 1 aromatic carbocycles. The summed E-state index contributed by atoms with van der Waals surface area (Å²) in [5.74, 6) is 0.296. The molecular formula is C18H22N4O2. The number of benzene rings is 1. The van der Waals surface area contributed by atoms with Crippen LogP contribution in [-0.2, 0) is 0 Å². The lowest BCUT2D eigenvalue weighted by molar-refractivity contribution is 0.140. The van der Waals surface area contributed by atoms with E-state index in [9.17, 15) is 4.79 Å². The Hall–Kier alpha value is -2.63. The molecule has 0 spiro atoms. The molecule has 6 heteroatoms. The van der Waals surface area contributed by atoms with Crippen molar-refractivity contribution in [2.75, 3.05) is 25.0 Å². The summed E-state index contributed by atoms with van der Waals surface area (Å²) in [7, 11) is 0. The van der Waals surface area contributed by atoms with Gasteiger partial charge in [-0.15, -0.1) is 0 Å². The summed E-state index contributed by atoms with van der Waals surface area (Å²) in [6, 6.07) is 9.85. The molecule has 3 rings (SSSR count). The van der Waals surface area contributed by atoms with Crippen LogP contribution in [0.25, 0.3) is 0 Å². The van der Waals surface area contributed by atoms with Crippen LogP contribution in [0.15, 0.2) is 42.7 Å². The number of carbonyl (C=O) groups excluding carboxylic acids is 1. The highest BCUT2D eigenvalue weighted by molar-refractivity contribution is 5.89. The Morgan fingerprint density at radius 3 is 2.79 bits per heavy atom. The first kappa shape index (κ1) is 16.2. The zero-order valence-corrected chi connectivity index (χ0v) is 13.8. The first-order valence-electron chi connectivity index (χ1n) is 8.23. The Balaban J connectivity index is 1.50. The van der Waals surface area contributed by atoms with Gasteiger partial charge in [-0.3, -0.25) is 0 Å². The van der Waals surface area contributed by atoms with E-state index >= 15 is 0 Å². The molecule has 0 saturated carbocycles. The second kappa shape index (κ2) is 7.77. The number of hydrogen-bond donors (Lipinski definition) is 1. The summed E-state index contributed by atoms with van der Waals surface area (Å²) >= 11 is 0. The van der Waals surface area contributed by atoms with Gasteiger partial charge in [0.1, 0.15) is 0 Å². The minimum Gasteiger partial charge on any atom is -0.463 e. The van der Waals surface area contributed by atoms with Gasteiger partial charge in [-0.25, -0.2) is 14.8 Å². The Labute approximate surface area is 141 Å². The van der Waals surface area contributed by atoms with Gasteiger partial charge in [-0.2, -0.15) is 0 Å². The number of nitrogens with one attached hydrogen (secondary N) is 1.